The predicted octanol–water partition coefficient (Wildman–Crippen LogP) is 0.695. The molecule has 2 unspecified atom stereocenters. The van der Waals surface area contributed by atoms with E-state index in [2.05, 4.69) is 18.7 Å². The second kappa shape index (κ2) is 8.79. The zero-order chi connectivity index (χ0) is 18.6. The van der Waals surface area contributed by atoms with Gasteiger partial charge in [-0.15, -0.1) is 0 Å². The molecular weight excluding hydrogens is 340 g/mol. The maximum atomic E-state index is 12.9. The van der Waals surface area contributed by atoms with Gasteiger partial charge in [0, 0.05) is 52.4 Å². The molecule has 0 spiro atoms. The first-order valence-electron chi connectivity index (χ1n) is 9.53. The Morgan fingerprint density at radius 2 is 1.48 bits per heavy atom. The first-order valence-corrected chi connectivity index (χ1v) is 10.9. The molecule has 2 heterocycles. The van der Waals surface area contributed by atoms with Crippen LogP contribution >= 0.6 is 0 Å². The van der Waals surface area contributed by atoms with Crippen molar-refractivity contribution in [1.29, 1.82) is 0 Å². The van der Waals surface area contributed by atoms with Crippen LogP contribution in [0.4, 0.5) is 0 Å². The molecule has 2 fully saturated rings. The fourth-order valence-electron chi connectivity index (χ4n) is 3.94. The molecule has 0 aromatic carbocycles. The Kier molecular flexibility index (Phi) is 7.25. The molecule has 2 saturated heterocycles. The van der Waals surface area contributed by atoms with E-state index in [9.17, 15) is 13.2 Å². The van der Waals surface area contributed by atoms with Crippen molar-refractivity contribution in [3.8, 4) is 0 Å². The van der Waals surface area contributed by atoms with E-state index in [4.69, 9.17) is 0 Å². The number of likely N-dealkylation sites (N-methyl/N-ethyl adjacent to an activating group) is 1. The van der Waals surface area contributed by atoms with Gasteiger partial charge in [0.1, 0.15) is 0 Å². The molecule has 1 amide bonds. The molecule has 0 aromatic rings. The number of nitrogens with zero attached hydrogens (tertiary/aromatic N) is 4. The van der Waals surface area contributed by atoms with E-state index in [0.29, 0.717) is 57.6 Å². The topological polar surface area (TPSA) is 64.2 Å². The van der Waals surface area contributed by atoms with Crippen molar-refractivity contribution in [2.75, 3.05) is 58.9 Å². The Morgan fingerprint density at radius 1 is 0.960 bits per heavy atom. The molecule has 2 atom stereocenters. The molecule has 2 rings (SSSR count). The van der Waals surface area contributed by atoms with Crippen LogP contribution < -0.4 is 0 Å². The number of carbonyl (C=O) groups is 1. The van der Waals surface area contributed by atoms with Gasteiger partial charge in [0.05, 0.1) is 6.54 Å². The summed E-state index contributed by atoms with van der Waals surface area (Å²) >= 11 is 0. The first-order chi connectivity index (χ1) is 11.8. The lowest BCUT2D eigenvalue weighted by Gasteiger charge is -2.40. The third-order valence-corrected chi connectivity index (χ3v) is 7.26. The van der Waals surface area contributed by atoms with Gasteiger partial charge in [-0.1, -0.05) is 13.8 Å². The summed E-state index contributed by atoms with van der Waals surface area (Å²) in [6, 6.07) is 0. The van der Waals surface area contributed by atoms with Gasteiger partial charge in [-0.2, -0.15) is 17.0 Å². The highest BCUT2D eigenvalue weighted by molar-refractivity contribution is 7.86. The predicted molar refractivity (Wildman–Crippen MR) is 99.4 cm³/mol. The quantitative estimate of drug-likeness (QED) is 0.686. The van der Waals surface area contributed by atoms with Crippen molar-refractivity contribution in [2.45, 2.75) is 34.1 Å². The lowest BCUT2D eigenvalue weighted by atomic mass is 9.94. The largest absolute Gasteiger partial charge is 0.342 e. The number of amides is 1. The van der Waals surface area contributed by atoms with Crippen molar-refractivity contribution >= 4 is 16.1 Å². The number of hydrogen-bond acceptors (Lipinski definition) is 4. The minimum Gasteiger partial charge on any atom is -0.342 e. The average molecular weight is 375 g/mol. The van der Waals surface area contributed by atoms with Crippen molar-refractivity contribution in [1.82, 2.24) is 18.4 Å². The van der Waals surface area contributed by atoms with Gasteiger partial charge >= 0.3 is 0 Å². The van der Waals surface area contributed by atoms with Gasteiger partial charge in [-0.25, -0.2) is 0 Å². The van der Waals surface area contributed by atoms with Crippen LogP contribution in [0, 0.1) is 11.8 Å². The van der Waals surface area contributed by atoms with Gasteiger partial charge in [-0.3, -0.25) is 9.69 Å². The van der Waals surface area contributed by atoms with Gasteiger partial charge in [0.25, 0.3) is 10.2 Å². The van der Waals surface area contributed by atoms with Crippen molar-refractivity contribution < 1.29 is 13.2 Å². The highest BCUT2D eigenvalue weighted by atomic mass is 32.2. The Balaban J connectivity index is 1.89. The average Bonchev–Trinajstić information content (AvgIpc) is 2.55. The normalized spacial score (nSPS) is 27.4. The van der Waals surface area contributed by atoms with E-state index >= 15 is 0 Å². The molecule has 146 valence electrons. The summed E-state index contributed by atoms with van der Waals surface area (Å²) < 4.78 is 29.1. The minimum absolute atomic E-state index is 0.125. The molecule has 0 aromatic heterocycles. The van der Waals surface area contributed by atoms with Crippen LogP contribution in [0.25, 0.3) is 0 Å². The first kappa shape index (κ1) is 20.6. The number of rotatable bonds is 6. The van der Waals surface area contributed by atoms with Crippen molar-refractivity contribution in [3.05, 3.63) is 0 Å². The summed E-state index contributed by atoms with van der Waals surface area (Å²) in [5, 5.41) is 0. The molecule has 2 aliphatic rings. The van der Waals surface area contributed by atoms with E-state index in [1.165, 1.54) is 0 Å². The lowest BCUT2D eigenvalue weighted by molar-refractivity contribution is -0.132. The number of hydrogen-bond donors (Lipinski definition) is 0. The minimum atomic E-state index is -3.38. The Hall–Kier alpha value is -0.700. The third kappa shape index (κ3) is 5.15. The molecule has 25 heavy (non-hydrogen) atoms. The van der Waals surface area contributed by atoms with E-state index in [1.54, 1.807) is 8.61 Å². The Bertz CT molecular complexity index is 532. The van der Waals surface area contributed by atoms with Gasteiger partial charge in [0.15, 0.2) is 0 Å². The van der Waals surface area contributed by atoms with Crippen molar-refractivity contribution in [2.24, 2.45) is 11.8 Å². The highest BCUT2D eigenvalue weighted by Gasteiger charge is 2.36. The lowest BCUT2D eigenvalue weighted by Crippen LogP contribution is -2.56. The van der Waals surface area contributed by atoms with Crippen LogP contribution in [-0.4, -0.2) is 91.6 Å². The van der Waals surface area contributed by atoms with Crippen LogP contribution in [0.5, 0.6) is 0 Å². The fraction of sp³-hybridized carbons (Fsp3) is 0.941. The van der Waals surface area contributed by atoms with Crippen molar-refractivity contribution in [3.63, 3.8) is 0 Å². The Labute approximate surface area is 153 Å². The Morgan fingerprint density at radius 3 is 1.96 bits per heavy atom. The molecule has 2 aliphatic heterocycles. The fourth-order valence-corrected chi connectivity index (χ4v) is 5.78. The summed E-state index contributed by atoms with van der Waals surface area (Å²) in [5.74, 6) is 0.943. The maximum Gasteiger partial charge on any atom is 0.282 e. The van der Waals surface area contributed by atoms with E-state index in [-0.39, 0.29) is 5.91 Å². The highest BCUT2D eigenvalue weighted by Crippen LogP contribution is 2.25. The third-order valence-electron chi connectivity index (χ3n) is 5.29. The molecule has 0 bridgehead atoms. The van der Waals surface area contributed by atoms with Crippen LogP contribution in [0.3, 0.4) is 0 Å². The molecule has 8 heteroatoms. The zero-order valence-corrected chi connectivity index (χ0v) is 17.0. The van der Waals surface area contributed by atoms with Gasteiger partial charge in [0.2, 0.25) is 5.91 Å². The molecule has 7 nitrogen and oxygen atoms in total. The molecule has 0 radical (unpaired) electrons. The summed E-state index contributed by atoms with van der Waals surface area (Å²) in [6.45, 7) is 13.4. The van der Waals surface area contributed by atoms with Gasteiger partial charge < -0.3 is 4.90 Å². The summed E-state index contributed by atoms with van der Waals surface area (Å²) in [7, 11) is -3.38. The SMILES string of the molecule is CCN(CC)C(=O)CN1CCN(S(=O)(=O)N2CC(C)CC(C)C2)CC1. The zero-order valence-electron chi connectivity index (χ0n) is 16.1. The second-order valence-electron chi connectivity index (χ2n) is 7.51. The summed E-state index contributed by atoms with van der Waals surface area (Å²) in [5.41, 5.74) is 0. The van der Waals surface area contributed by atoms with Crippen LogP contribution in [0.15, 0.2) is 0 Å². The monoisotopic (exact) mass is 374 g/mol. The van der Waals surface area contributed by atoms with E-state index < -0.39 is 10.2 Å². The van der Waals surface area contributed by atoms with Gasteiger partial charge in [-0.05, 0) is 32.1 Å². The second-order valence-corrected chi connectivity index (χ2v) is 9.44. The molecule has 0 N–H and O–H groups in total. The van der Waals surface area contributed by atoms with E-state index in [1.807, 2.05) is 18.7 Å². The number of carbonyl (C=O) groups excluding carboxylic acids is 1. The number of piperazine rings is 1. The molecule has 0 saturated carbocycles. The molecular formula is C17H34N4O3S. The number of piperidine rings is 1. The maximum absolute atomic E-state index is 12.9. The molecule has 0 aliphatic carbocycles. The standard InChI is InChI=1S/C17H34N4O3S/c1-5-19(6-2)17(22)14-18-7-9-20(10-8-18)25(23,24)21-12-15(3)11-16(4)13-21/h15-16H,5-14H2,1-4H3. The van der Waals surface area contributed by atoms with Crippen LogP contribution in [-0.2, 0) is 15.0 Å². The van der Waals surface area contributed by atoms with E-state index in [0.717, 1.165) is 19.5 Å². The van der Waals surface area contributed by atoms with Crippen LogP contribution in [0.1, 0.15) is 34.1 Å². The summed E-state index contributed by atoms with van der Waals surface area (Å²) in [6.07, 6.45) is 1.09. The smallest absolute Gasteiger partial charge is 0.282 e. The van der Waals surface area contributed by atoms with Crippen LogP contribution in [0.2, 0.25) is 0 Å². The summed E-state index contributed by atoms with van der Waals surface area (Å²) in [4.78, 5) is 16.1.